The molecule has 154 valence electrons. The lowest BCUT2D eigenvalue weighted by molar-refractivity contribution is -0.180. The lowest BCUT2D eigenvalue weighted by Gasteiger charge is -2.42. The second-order valence-electron chi connectivity index (χ2n) is 8.99. The van der Waals surface area contributed by atoms with Gasteiger partial charge in [0.2, 0.25) is 0 Å². The van der Waals surface area contributed by atoms with Gasteiger partial charge in [-0.2, -0.15) is 0 Å². The first-order chi connectivity index (χ1) is 12.5. The van der Waals surface area contributed by atoms with Crippen molar-refractivity contribution in [3.63, 3.8) is 0 Å². The van der Waals surface area contributed by atoms with Gasteiger partial charge in [0.05, 0.1) is 26.4 Å². The summed E-state index contributed by atoms with van der Waals surface area (Å²) in [5, 5.41) is 0.130. The monoisotopic (exact) mass is 396 g/mol. The first-order valence-corrected chi connectivity index (χ1v) is 12.5. The normalized spacial score (nSPS) is 26.4. The summed E-state index contributed by atoms with van der Waals surface area (Å²) in [6.07, 6.45) is 0.547. The molecule has 0 amide bonds. The molecule has 1 heterocycles. The highest BCUT2D eigenvalue weighted by atomic mass is 28.4. The van der Waals surface area contributed by atoms with Gasteiger partial charge < -0.3 is 23.4 Å². The Bertz CT molecular complexity index is 596. The lowest BCUT2D eigenvalue weighted by atomic mass is 10.1. The third-order valence-corrected chi connectivity index (χ3v) is 10.2. The van der Waals surface area contributed by atoms with Crippen molar-refractivity contribution in [1.82, 2.24) is 0 Å². The van der Waals surface area contributed by atoms with E-state index in [9.17, 15) is 0 Å². The summed E-state index contributed by atoms with van der Waals surface area (Å²) in [6, 6.07) is 7.89. The Morgan fingerprint density at radius 3 is 2.30 bits per heavy atom. The molecule has 1 aromatic rings. The molecular formula is C21H36O5Si. The fourth-order valence-electron chi connectivity index (χ4n) is 3.09. The molecule has 1 aromatic carbocycles. The van der Waals surface area contributed by atoms with Crippen LogP contribution in [0.5, 0.6) is 5.75 Å². The number of methoxy groups -OCH3 is 2. The Kier molecular flexibility index (Phi) is 7.14. The summed E-state index contributed by atoms with van der Waals surface area (Å²) in [5.41, 5.74) is 1.10. The molecule has 2 rings (SSSR count). The molecular weight excluding hydrogens is 360 g/mol. The van der Waals surface area contributed by atoms with Crippen LogP contribution in [0.2, 0.25) is 18.1 Å². The van der Waals surface area contributed by atoms with E-state index in [1.807, 2.05) is 31.2 Å². The summed E-state index contributed by atoms with van der Waals surface area (Å²) in [4.78, 5) is 0. The Balaban J connectivity index is 1.92. The maximum atomic E-state index is 6.57. The van der Waals surface area contributed by atoms with Crippen molar-refractivity contribution >= 4 is 8.32 Å². The Labute approximate surface area is 165 Å². The van der Waals surface area contributed by atoms with Crippen LogP contribution in [0, 0.1) is 0 Å². The molecule has 5 nitrogen and oxygen atoms in total. The van der Waals surface area contributed by atoms with Crippen LogP contribution in [0.4, 0.5) is 0 Å². The van der Waals surface area contributed by atoms with E-state index in [-0.39, 0.29) is 17.2 Å². The van der Waals surface area contributed by atoms with Gasteiger partial charge in [-0.3, -0.25) is 0 Å². The van der Waals surface area contributed by atoms with Gasteiger partial charge in [-0.25, -0.2) is 0 Å². The molecule has 1 saturated heterocycles. The van der Waals surface area contributed by atoms with Gasteiger partial charge in [-0.15, -0.1) is 0 Å². The quantitative estimate of drug-likeness (QED) is 0.593. The number of hydrogen-bond acceptors (Lipinski definition) is 5. The summed E-state index contributed by atoms with van der Waals surface area (Å²) >= 11 is 0. The van der Waals surface area contributed by atoms with E-state index in [1.165, 1.54) is 0 Å². The fourth-order valence-corrected chi connectivity index (χ4v) is 4.61. The van der Waals surface area contributed by atoms with Crippen LogP contribution >= 0.6 is 0 Å². The predicted molar refractivity (Wildman–Crippen MR) is 110 cm³/mol. The van der Waals surface area contributed by atoms with Crippen LogP contribution in [-0.4, -0.2) is 47.1 Å². The van der Waals surface area contributed by atoms with Crippen molar-refractivity contribution in [2.75, 3.05) is 20.8 Å². The standard InChI is InChI=1S/C21H36O5Si/c1-20(2,3)27(7,8)26-21(4)13-18(23-6)19(25-21)15-24-14-16-9-11-17(22-5)12-10-16/h9-12,18-19H,13-15H2,1-8H3/t18-,19-,21?/m0/s1. The number of rotatable bonds is 8. The SMILES string of the molecule is COc1ccc(COC[C@@H]2OC(C)(O[Si](C)(C)C(C)(C)C)C[C@@H]2OC)cc1. The van der Waals surface area contributed by atoms with E-state index in [2.05, 4.69) is 33.9 Å². The van der Waals surface area contributed by atoms with E-state index in [0.717, 1.165) is 11.3 Å². The van der Waals surface area contributed by atoms with Crippen molar-refractivity contribution in [2.45, 2.75) is 76.8 Å². The van der Waals surface area contributed by atoms with Crippen molar-refractivity contribution in [1.29, 1.82) is 0 Å². The molecule has 1 fully saturated rings. The highest BCUT2D eigenvalue weighted by Gasteiger charge is 2.50. The minimum absolute atomic E-state index is 0.0318. The largest absolute Gasteiger partial charge is 0.497 e. The van der Waals surface area contributed by atoms with Gasteiger partial charge in [0.1, 0.15) is 11.9 Å². The molecule has 27 heavy (non-hydrogen) atoms. The number of ether oxygens (including phenoxy) is 4. The second kappa shape index (κ2) is 8.62. The summed E-state index contributed by atoms with van der Waals surface area (Å²) in [5.74, 6) is 0.216. The number of hydrogen-bond donors (Lipinski definition) is 0. The Morgan fingerprint density at radius 2 is 1.78 bits per heavy atom. The van der Waals surface area contributed by atoms with Crippen molar-refractivity contribution < 1.29 is 23.4 Å². The molecule has 1 aliphatic rings. The highest BCUT2D eigenvalue weighted by Crippen LogP contribution is 2.43. The van der Waals surface area contributed by atoms with E-state index < -0.39 is 14.1 Å². The van der Waals surface area contributed by atoms with E-state index in [0.29, 0.717) is 19.6 Å². The Hall–Kier alpha value is -0.923. The van der Waals surface area contributed by atoms with Gasteiger partial charge >= 0.3 is 0 Å². The van der Waals surface area contributed by atoms with Gasteiger partial charge in [0.15, 0.2) is 14.1 Å². The maximum Gasteiger partial charge on any atom is 0.195 e. The van der Waals surface area contributed by atoms with Crippen LogP contribution in [-0.2, 0) is 25.2 Å². The summed E-state index contributed by atoms with van der Waals surface area (Å²) in [7, 11) is 1.45. The highest BCUT2D eigenvalue weighted by molar-refractivity contribution is 6.74. The molecule has 0 spiro atoms. The zero-order chi connectivity index (χ0) is 20.3. The van der Waals surface area contributed by atoms with Gasteiger partial charge in [-0.1, -0.05) is 32.9 Å². The molecule has 0 bridgehead atoms. The average molecular weight is 397 g/mol. The molecule has 0 aromatic heterocycles. The minimum atomic E-state index is -1.94. The van der Waals surface area contributed by atoms with E-state index in [4.69, 9.17) is 23.4 Å². The smallest absolute Gasteiger partial charge is 0.195 e. The van der Waals surface area contributed by atoms with E-state index >= 15 is 0 Å². The third kappa shape index (κ3) is 5.78. The lowest BCUT2D eigenvalue weighted by Crippen LogP contribution is -2.48. The minimum Gasteiger partial charge on any atom is -0.497 e. The van der Waals surface area contributed by atoms with Gasteiger partial charge in [0, 0.05) is 13.5 Å². The van der Waals surface area contributed by atoms with Crippen molar-refractivity contribution in [2.24, 2.45) is 0 Å². The van der Waals surface area contributed by atoms with Crippen LogP contribution < -0.4 is 4.74 Å². The Morgan fingerprint density at radius 1 is 1.15 bits per heavy atom. The molecule has 1 unspecified atom stereocenters. The molecule has 6 heteroatoms. The predicted octanol–water partition coefficient (Wildman–Crippen LogP) is 4.75. The molecule has 3 atom stereocenters. The first kappa shape index (κ1) is 22.4. The molecule has 1 aliphatic heterocycles. The maximum absolute atomic E-state index is 6.57. The molecule has 0 aliphatic carbocycles. The van der Waals surface area contributed by atoms with E-state index in [1.54, 1.807) is 14.2 Å². The van der Waals surface area contributed by atoms with Gasteiger partial charge in [0.25, 0.3) is 0 Å². The fraction of sp³-hybridized carbons (Fsp3) is 0.714. The van der Waals surface area contributed by atoms with Crippen LogP contribution in [0.25, 0.3) is 0 Å². The van der Waals surface area contributed by atoms with Crippen LogP contribution in [0.1, 0.15) is 39.7 Å². The van der Waals surface area contributed by atoms with Gasteiger partial charge in [-0.05, 0) is 42.8 Å². The first-order valence-electron chi connectivity index (χ1n) is 9.61. The topological polar surface area (TPSA) is 46.2 Å². The average Bonchev–Trinajstić information content (AvgIpc) is 2.89. The zero-order valence-corrected chi connectivity index (χ0v) is 19.1. The van der Waals surface area contributed by atoms with Crippen LogP contribution in [0.3, 0.4) is 0 Å². The van der Waals surface area contributed by atoms with Crippen molar-refractivity contribution in [3.05, 3.63) is 29.8 Å². The summed E-state index contributed by atoms with van der Waals surface area (Å²) in [6.45, 7) is 14.2. The molecule has 0 radical (unpaired) electrons. The zero-order valence-electron chi connectivity index (χ0n) is 18.1. The molecule has 0 saturated carbocycles. The second-order valence-corrected chi connectivity index (χ2v) is 13.7. The number of benzene rings is 1. The third-order valence-electron chi connectivity index (χ3n) is 5.68. The van der Waals surface area contributed by atoms with Crippen molar-refractivity contribution in [3.8, 4) is 5.75 Å². The summed E-state index contributed by atoms with van der Waals surface area (Å²) < 4.78 is 29.6. The van der Waals surface area contributed by atoms with Crippen LogP contribution in [0.15, 0.2) is 24.3 Å². The molecule has 0 N–H and O–H groups in total.